The number of nitriles is 1. The molecule has 0 bridgehead atoms. The van der Waals surface area contributed by atoms with Crippen molar-refractivity contribution in [3.8, 4) is 6.07 Å². The van der Waals surface area contributed by atoms with E-state index < -0.39 is 11.9 Å². The first-order valence-electron chi connectivity index (χ1n) is 10.2. The molecule has 8 nitrogen and oxygen atoms in total. The number of carbonyl (C=O) groups excluding carboxylic acids is 2. The van der Waals surface area contributed by atoms with E-state index in [1.54, 1.807) is 17.0 Å². The molecule has 1 N–H and O–H groups in total. The van der Waals surface area contributed by atoms with Crippen molar-refractivity contribution in [1.82, 2.24) is 10.2 Å². The summed E-state index contributed by atoms with van der Waals surface area (Å²) in [5, 5.41) is 11.8. The van der Waals surface area contributed by atoms with E-state index in [9.17, 15) is 14.0 Å². The van der Waals surface area contributed by atoms with E-state index in [0.29, 0.717) is 55.6 Å². The van der Waals surface area contributed by atoms with Gasteiger partial charge >= 0.3 is 6.09 Å². The average molecular weight is 448 g/mol. The van der Waals surface area contributed by atoms with Crippen molar-refractivity contribution in [1.29, 1.82) is 5.26 Å². The lowest BCUT2D eigenvalue weighted by molar-refractivity contribution is -0.130. The lowest BCUT2D eigenvalue weighted by atomic mass is 10.2. The molecule has 166 valence electrons. The summed E-state index contributed by atoms with van der Waals surface area (Å²) in [5.41, 5.74) is 0.854. The Morgan fingerprint density at radius 1 is 1.35 bits per heavy atom. The van der Waals surface area contributed by atoms with E-state index in [4.69, 9.17) is 22.2 Å². The number of ether oxygens (including phenoxy) is 1. The summed E-state index contributed by atoms with van der Waals surface area (Å²) in [6, 6.07) is 6.53. The molecule has 0 saturated carbocycles. The largest absolute Gasteiger partial charge is 0.442 e. The minimum atomic E-state index is -0.515. The number of hydrogen-bond acceptors (Lipinski definition) is 6. The van der Waals surface area contributed by atoms with E-state index >= 15 is 0 Å². The highest BCUT2D eigenvalue weighted by Gasteiger charge is 2.33. The summed E-state index contributed by atoms with van der Waals surface area (Å²) in [5.74, 6) is -0.440. The molecule has 31 heavy (non-hydrogen) atoms. The van der Waals surface area contributed by atoms with Crippen molar-refractivity contribution in [3.05, 3.63) is 24.0 Å². The Labute approximate surface area is 186 Å². The van der Waals surface area contributed by atoms with E-state index in [-0.39, 0.29) is 24.3 Å². The molecule has 0 radical (unpaired) electrons. The molecule has 1 aromatic carbocycles. The van der Waals surface area contributed by atoms with Gasteiger partial charge in [-0.2, -0.15) is 5.26 Å². The molecule has 2 heterocycles. The number of amides is 2. The van der Waals surface area contributed by atoms with Crippen molar-refractivity contribution in [3.63, 3.8) is 0 Å². The molecule has 2 aliphatic heterocycles. The Kier molecular flexibility index (Phi) is 7.28. The number of hydrogen-bond donors (Lipinski definition) is 1. The van der Waals surface area contributed by atoms with Gasteiger partial charge in [0.2, 0.25) is 5.91 Å². The number of nitrogens with one attached hydrogen (secondary N) is 1. The second-order valence-corrected chi connectivity index (χ2v) is 8.29. The maximum atomic E-state index is 14.9. The Morgan fingerprint density at radius 3 is 2.68 bits per heavy atom. The molecular formula is C21H26FN5O3S. The molecule has 1 atom stereocenters. The lowest BCUT2D eigenvalue weighted by Gasteiger charge is -2.36. The first kappa shape index (κ1) is 22.7. The van der Waals surface area contributed by atoms with Crippen LogP contribution in [0.25, 0.3) is 0 Å². The van der Waals surface area contributed by atoms with Gasteiger partial charge in [0.15, 0.2) is 0 Å². The third-order valence-electron chi connectivity index (χ3n) is 5.35. The second-order valence-electron chi connectivity index (χ2n) is 7.85. The van der Waals surface area contributed by atoms with Crippen molar-refractivity contribution in [2.24, 2.45) is 5.92 Å². The number of nitrogens with zero attached hydrogens (tertiary/aromatic N) is 4. The molecule has 2 fully saturated rings. The smallest absolute Gasteiger partial charge is 0.414 e. The fourth-order valence-corrected chi connectivity index (χ4v) is 3.64. The van der Waals surface area contributed by atoms with Crippen molar-refractivity contribution >= 4 is 40.6 Å². The highest BCUT2D eigenvalue weighted by atomic mass is 32.1. The summed E-state index contributed by atoms with van der Waals surface area (Å²) in [6.07, 6.45) is -1.03. The van der Waals surface area contributed by atoms with E-state index in [2.05, 4.69) is 5.32 Å². The van der Waals surface area contributed by atoms with Gasteiger partial charge in [-0.1, -0.05) is 26.1 Å². The molecule has 0 aliphatic carbocycles. The Morgan fingerprint density at radius 2 is 2.06 bits per heavy atom. The predicted octanol–water partition coefficient (Wildman–Crippen LogP) is 2.29. The highest BCUT2D eigenvalue weighted by molar-refractivity contribution is 7.80. The van der Waals surface area contributed by atoms with Gasteiger partial charge in [-0.05, 0) is 18.2 Å². The number of cyclic esters (lactones) is 1. The van der Waals surface area contributed by atoms with Gasteiger partial charge in [-0.3, -0.25) is 9.69 Å². The number of rotatable bonds is 6. The highest BCUT2D eigenvalue weighted by Crippen LogP contribution is 2.28. The second kappa shape index (κ2) is 9.92. The summed E-state index contributed by atoms with van der Waals surface area (Å²) >= 11 is 5.24. The van der Waals surface area contributed by atoms with Crippen LogP contribution in [0.1, 0.15) is 20.3 Å². The van der Waals surface area contributed by atoms with Crippen LogP contribution in [0.15, 0.2) is 18.2 Å². The third kappa shape index (κ3) is 5.41. The first-order chi connectivity index (χ1) is 14.8. The fraction of sp³-hybridized carbons (Fsp3) is 0.524. The van der Waals surface area contributed by atoms with Crippen LogP contribution in [0.5, 0.6) is 0 Å². The number of carbonyl (C=O) groups is 2. The minimum absolute atomic E-state index is 0.144. The number of thiocarbonyl (C=S) groups is 1. The number of anilines is 2. The van der Waals surface area contributed by atoms with Gasteiger partial charge < -0.3 is 19.9 Å². The van der Waals surface area contributed by atoms with Crippen molar-refractivity contribution < 1.29 is 18.7 Å². The van der Waals surface area contributed by atoms with E-state index in [1.165, 1.54) is 11.0 Å². The molecule has 0 aromatic heterocycles. The zero-order valence-electron chi connectivity index (χ0n) is 17.6. The van der Waals surface area contributed by atoms with Gasteiger partial charge in [0.1, 0.15) is 18.3 Å². The predicted molar refractivity (Wildman–Crippen MR) is 118 cm³/mol. The van der Waals surface area contributed by atoms with Crippen LogP contribution in [-0.2, 0) is 9.53 Å². The van der Waals surface area contributed by atoms with Gasteiger partial charge in [0.05, 0.1) is 35.5 Å². The molecule has 10 heteroatoms. The maximum Gasteiger partial charge on any atom is 0.414 e. The molecule has 0 unspecified atom stereocenters. The number of benzene rings is 1. The summed E-state index contributed by atoms with van der Waals surface area (Å²) < 4.78 is 20.2. The van der Waals surface area contributed by atoms with Crippen molar-refractivity contribution in [2.75, 3.05) is 49.1 Å². The quantitative estimate of drug-likeness (QED) is 0.670. The van der Waals surface area contributed by atoms with Crippen LogP contribution >= 0.6 is 12.2 Å². The van der Waals surface area contributed by atoms with E-state index in [1.807, 2.05) is 24.8 Å². The zero-order valence-corrected chi connectivity index (χ0v) is 18.5. The van der Waals surface area contributed by atoms with E-state index in [0.717, 1.165) is 0 Å². The average Bonchev–Trinajstić information content (AvgIpc) is 3.12. The summed E-state index contributed by atoms with van der Waals surface area (Å²) in [6.45, 7) is 6.51. The molecule has 3 rings (SSSR count). The molecule has 0 spiro atoms. The molecule has 2 saturated heterocycles. The number of halogens is 1. The third-order valence-corrected chi connectivity index (χ3v) is 5.96. The Balaban J connectivity index is 1.60. The van der Waals surface area contributed by atoms with Gasteiger partial charge in [0, 0.05) is 32.1 Å². The van der Waals surface area contributed by atoms with Crippen LogP contribution < -0.4 is 15.1 Å². The lowest BCUT2D eigenvalue weighted by Crippen LogP contribution is -2.49. The van der Waals surface area contributed by atoms with Crippen LogP contribution in [0.3, 0.4) is 0 Å². The number of piperazine rings is 1. The fourth-order valence-electron chi connectivity index (χ4n) is 3.55. The molecular weight excluding hydrogens is 421 g/mol. The monoisotopic (exact) mass is 447 g/mol. The molecule has 2 amide bonds. The zero-order chi connectivity index (χ0) is 22.5. The van der Waals surface area contributed by atoms with Gasteiger partial charge in [0.25, 0.3) is 0 Å². The minimum Gasteiger partial charge on any atom is -0.442 e. The van der Waals surface area contributed by atoms with Crippen molar-refractivity contribution in [2.45, 2.75) is 26.4 Å². The Hall–Kier alpha value is -2.93. The van der Waals surface area contributed by atoms with Gasteiger partial charge in [-0.15, -0.1) is 0 Å². The van der Waals surface area contributed by atoms with Crippen LogP contribution in [-0.4, -0.2) is 67.3 Å². The van der Waals surface area contributed by atoms with Crippen LogP contribution in [0.4, 0.5) is 20.6 Å². The summed E-state index contributed by atoms with van der Waals surface area (Å²) in [7, 11) is 0. The summed E-state index contributed by atoms with van der Waals surface area (Å²) in [4.78, 5) is 29.7. The SMILES string of the molecule is CC(C)C(=S)NC[C@H]1CN(c2ccc(N3CCN(C(=O)CC#N)CC3)c(F)c2)C(=O)O1. The van der Waals surface area contributed by atoms with Crippen LogP contribution in [0, 0.1) is 23.1 Å². The first-order valence-corrected chi connectivity index (χ1v) is 10.7. The topological polar surface area (TPSA) is 88.9 Å². The van der Waals surface area contributed by atoms with Gasteiger partial charge in [-0.25, -0.2) is 9.18 Å². The molecule has 2 aliphatic rings. The molecule has 1 aromatic rings. The normalized spacial score (nSPS) is 18.7. The van der Waals surface area contributed by atoms with Crippen LogP contribution in [0.2, 0.25) is 0 Å². The maximum absolute atomic E-state index is 14.9. The standard InChI is InChI=1S/C21H26FN5O3S/c1-14(2)20(31)24-12-16-13-27(21(29)30-16)15-3-4-18(17(22)11-15)25-7-9-26(10-8-25)19(28)5-6-23/h3-4,11,14,16H,5,7-10,12-13H2,1-2H3,(H,24,31)/t16-/m0/s1. The Bertz CT molecular complexity index is 895.